The van der Waals surface area contributed by atoms with E-state index in [2.05, 4.69) is 21.2 Å². The average Bonchev–Trinajstić information content (AvgIpc) is 3.55. The third kappa shape index (κ3) is 8.07. The summed E-state index contributed by atoms with van der Waals surface area (Å²) in [5.41, 5.74) is 5.22. The Labute approximate surface area is 276 Å². The lowest BCUT2D eigenvalue weighted by Crippen LogP contribution is -2.45. The van der Waals surface area contributed by atoms with Crippen LogP contribution in [0.25, 0.3) is 0 Å². The average molecular weight is 661 g/mol. The number of amides is 3. The van der Waals surface area contributed by atoms with Gasteiger partial charge in [-0.3, -0.25) is 4.79 Å². The quantitative estimate of drug-likeness (QED) is 0.130. The van der Waals surface area contributed by atoms with Crippen LogP contribution in [0.2, 0.25) is 0 Å². The van der Waals surface area contributed by atoms with Crippen molar-refractivity contribution in [2.24, 2.45) is 5.10 Å². The number of fused-ring (bicyclic) bond motifs is 1. The molecule has 0 unspecified atom stereocenters. The number of ether oxygens (including phenoxy) is 7. The molecule has 3 N–H and O–H groups in total. The van der Waals surface area contributed by atoms with Crippen LogP contribution in [0.15, 0.2) is 71.0 Å². The summed E-state index contributed by atoms with van der Waals surface area (Å²) in [4.78, 5) is 37.3. The largest absolute Gasteiger partial charge is 0.493 e. The monoisotopic (exact) mass is 660 g/mol. The highest BCUT2D eigenvalue weighted by Crippen LogP contribution is 2.36. The van der Waals surface area contributed by atoms with Crippen molar-refractivity contribution < 1.29 is 47.5 Å². The lowest BCUT2D eigenvalue weighted by atomic mass is 9.95. The molecule has 48 heavy (non-hydrogen) atoms. The molecule has 0 fully saturated rings. The Bertz CT molecular complexity index is 1740. The van der Waals surface area contributed by atoms with E-state index in [1.54, 1.807) is 50.2 Å². The van der Waals surface area contributed by atoms with E-state index >= 15 is 0 Å². The van der Waals surface area contributed by atoms with E-state index in [9.17, 15) is 14.4 Å². The Morgan fingerprint density at radius 3 is 2.52 bits per heavy atom. The molecule has 3 aromatic carbocycles. The van der Waals surface area contributed by atoms with Gasteiger partial charge in [-0.25, -0.2) is 15.0 Å². The van der Waals surface area contributed by atoms with Crippen LogP contribution in [0, 0.1) is 0 Å². The second-order valence-corrected chi connectivity index (χ2v) is 10.4. The normalized spacial score (nSPS) is 15.0. The summed E-state index contributed by atoms with van der Waals surface area (Å²) in [7, 11) is 1.44. The zero-order valence-corrected chi connectivity index (χ0v) is 26.9. The summed E-state index contributed by atoms with van der Waals surface area (Å²) in [6.07, 6.45) is 1.47. The molecule has 0 aromatic heterocycles. The van der Waals surface area contributed by atoms with Gasteiger partial charge >= 0.3 is 12.0 Å². The zero-order chi connectivity index (χ0) is 34.0. The van der Waals surface area contributed by atoms with E-state index in [-0.39, 0.29) is 31.3 Å². The number of nitrogens with zero attached hydrogens (tertiary/aromatic N) is 1. The molecular weight excluding hydrogens is 624 g/mol. The summed E-state index contributed by atoms with van der Waals surface area (Å²) < 4.78 is 38.9. The summed E-state index contributed by atoms with van der Waals surface area (Å²) in [6.45, 7) is 5.94. The number of carbonyl (C=O) groups is 3. The Hall–Kier alpha value is -5.92. The van der Waals surface area contributed by atoms with Crippen LogP contribution >= 0.6 is 0 Å². The van der Waals surface area contributed by atoms with E-state index in [1.165, 1.54) is 13.3 Å². The molecule has 2 heterocycles. The molecule has 0 radical (unpaired) electrons. The molecule has 14 nitrogen and oxygen atoms in total. The minimum atomic E-state index is -0.780. The highest BCUT2D eigenvalue weighted by molar-refractivity contribution is 5.95. The van der Waals surface area contributed by atoms with Crippen LogP contribution in [0.1, 0.15) is 43.5 Å². The highest BCUT2D eigenvalue weighted by atomic mass is 16.7. The summed E-state index contributed by atoms with van der Waals surface area (Å²) in [6, 6.07) is 14.6. The van der Waals surface area contributed by atoms with Gasteiger partial charge in [0.05, 0.1) is 38.2 Å². The third-order valence-electron chi connectivity index (χ3n) is 7.15. The topological polar surface area (TPSA) is 164 Å². The number of allylic oxidation sites excluding steroid dienone is 1. The van der Waals surface area contributed by atoms with E-state index in [1.807, 2.05) is 25.1 Å². The van der Waals surface area contributed by atoms with Gasteiger partial charge in [-0.15, -0.1) is 0 Å². The van der Waals surface area contributed by atoms with Gasteiger partial charge in [0, 0.05) is 5.70 Å². The second-order valence-electron chi connectivity index (χ2n) is 10.4. The third-order valence-corrected chi connectivity index (χ3v) is 7.15. The molecule has 0 bridgehead atoms. The minimum Gasteiger partial charge on any atom is -0.493 e. The number of hydrazone groups is 1. The SMILES string of the molecule is CCOC(=O)C1=C(C)NC(=O)N[C@H]1c1ccc(OCC(=O)N/N=C\c2ccc(OCc3ccc4c(c3)OCO4)c(OCC)c2)c(OC)c1. The number of esters is 1. The Morgan fingerprint density at radius 2 is 1.73 bits per heavy atom. The second kappa shape index (κ2) is 15.6. The molecule has 3 amide bonds. The smallest absolute Gasteiger partial charge is 0.338 e. The first-order chi connectivity index (χ1) is 23.3. The number of nitrogens with one attached hydrogen (secondary N) is 3. The van der Waals surface area contributed by atoms with E-state index < -0.39 is 23.9 Å². The van der Waals surface area contributed by atoms with Crippen LogP contribution < -0.4 is 44.5 Å². The fourth-order valence-corrected chi connectivity index (χ4v) is 4.94. The van der Waals surface area contributed by atoms with Crippen molar-refractivity contribution in [3.05, 3.63) is 82.6 Å². The molecule has 0 saturated carbocycles. The number of hydrogen-bond donors (Lipinski definition) is 3. The molecule has 1 atom stereocenters. The maximum Gasteiger partial charge on any atom is 0.338 e. The van der Waals surface area contributed by atoms with E-state index in [0.29, 0.717) is 58.8 Å². The molecule has 3 aromatic rings. The van der Waals surface area contributed by atoms with Gasteiger partial charge in [-0.2, -0.15) is 5.10 Å². The van der Waals surface area contributed by atoms with Gasteiger partial charge in [-0.1, -0.05) is 12.1 Å². The fourth-order valence-electron chi connectivity index (χ4n) is 4.94. The van der Waals surface area contributed by atoms with E-state index in [0.717, 1.165) is 5.56 Å². The molecule has 14 heteroatoms. The summed E-state index contributed by atoms with van der Waals surface area (Å²) in [5.74, 6) is 1.96. The van der Waals surface area contributed by atoms with Crippen LogP contribution in [0.3, 0.4) is 0 Å². The molecule has 0 aliphatic carbocycles. The lowest BCUT2D eigenvalue weighted by molar-refractivity contribution is -0.139. The number of hydrogen-bond acceptors (Lipinski definition) is 11. The van der Waals surface area contributed by atoms with Gasteiger partial charge < -0.3 is 43.8 Å². The van der Waals surface area contributed by atoms with Crippen molar-refractivity contribution >= 4 is 24.1 Å². The summed E-state index contributed by atoms with van der Waals surface area (Å²) >= 11 is 0. The molecule has 0 spiro atoms. The van der Waals surface area contributed by atoms with Crippen molar-refractivity contribution in [1.29, 1.82) is 0 Å². The number of benzene rings is 3. The van der Waals surface area contributed by atoms with Crippen LogP contribution in [0.5, 0.6) is 34.5 Å². The van der Waals surface area contributed by atoms with Gasteiger partial charge in [0.1, 0.15) is 6.61 Å². The lowest BCUT2D eigenvalue weighted by Gasteiger charge is -2.28. The number of urea groups is 1. The first-order valence-electron chi connectivity index (χ1n) is 15.2. The van der Waals surface area contributed by atoms with Gasteiger partial charge in [-0.05, 0) is 79.9 Å². The number of methoxy groups -OCH3 is 1. The van der Waals surface area contributed by atoms with Crippen molar-refractivity contribution in [3.8, 4) is 34.5 Å². The van der Waals surface area contributed by atoms with Gasteiger partial charge in [0.15, 0.2) is 41.1 Å². The Kier molecular flexibility index (Phi) is 10.9. The van der Waals surface area contributed by atoms with Crippen molar-refractivity contribution in [2.45, 2.75) is 33.4 Å². The van der Waals surface area contributed by atoms with Crippen molar-refractivity contribution in [2.75, 3.05) is 33.7 Å². The zero-order valence-electron chi connectivity index (χ0n) is 26.9. The molecule has 0 saturated heterocycles. The molecule has 252 valence electrons. The molecule has 2 aliphatic heterocycles. The maximum atomic E-state index is 12.6. The van der Waals surface area contributed by atoms with E-state index in [4.69, 9.17) is 33.2 Å². The number of rotatable bonds is 14. The first-order valence-corrected chi connectivity index (χ1v) is 15.2. The fraction of sp³-hybridized carbons (Fsp3) is 0.294. The predicted octanol–water partition coefficient (Wildman–Crippen LogP) is 4.12. The maximum absolute atomic E-state index is 12.6. The molecule has 2 aliphatic rings. The van der Waals surface area contributed by atoms with Crippen molar-refractivity contribution in [1.82, 2.24) is 16.1 Å². The van der Waals surface area contributed by atoms with Crippen LogP contribution in [-0.4, -0.2) is 57.8 Å². The highest BCUT2D eigenvalue weighted by Gasteiger charge is 2.32. The Morgan fingerprint density at radius 1 is 0.938 bits per heavy atom. The molecule has 5 rings (SSSR count). The van der Waals surface area contributed by atoms with Crippen LogP contribution in [0.4, 0.5) is 4.79 Å². The predicted molar refractivity (Wildman–Crippen MR) is 172 cm³/mol. The van der Waals surface area contributed by atoms with Gasteiger partial charge in [0.2, 0.25) is 6.79 Å². The number of carbonyl (C=O) groups excluding carboxylic acids is 3. The molecular formula is C34H36N4O10. The minimum absolute atomic E-state index is 0.179. The summed E-state index contributed by atoms with van der Waals surface area (Å²) in [5, 5.41) is 9.36. The van der Waals surface area contributed by atoms with Crippen molar-refractivity contribution in [3.63, 3.8) is 0 Å². The first kappa shape index (κ1) is 33.4. The Balaban J connectivity index is 1.17. The standard InChI is InChI=1S/C34H36N4O10/c1-5-43-28-13-21(7-10-25(28)45-17-22-8-11-26-29(14-22)48-19-47-26)16-35-38-30(39)18-46-24-12-9-23(15-27(24)42-4)32-31(33(40)44-6-2)20(3)36-34(41)37-32/h7-16,32H,5-6,17-19H2,1-4H3,(H,38,39)(H2,36,37,41)/b35-16-/t32-/m0/s1. The van der Waals surface area contributed by atoms with Crippen LogP contribution in [-0.2, 0) is 20.9 Å². The van der Waals surface area contributed by atoms with Gasteiger partial charge in [0.25, 0.3) is 5.91 Å².